The molecule has 2 unspecified atom stereocenters. The zero-order valence-electron chi connectivity index (χ0n) is 11.7. The van der Waals surface area contributed by atoms with Gasteiger partial charge >= 0.3 is 8.60 Å². The fourth-order valence-corrected chi connectivity index (χ4v) is 4.25. The van der Waals surface area contributed by atoms with Crippen molar-refractivity contribution in [1.82, 2.24) is 4.90 Å². The maximum atomic E-state index is 5.98. The van der Waals surface area contributed by atoms with E-state index in [0.717, 1.165) is 50.6 Å². The Morgan fingerprint density at radius 2 is 2.05 bits per heavy atom. The summed E-state index contributed by atoms with van der Waals surface area (Å²) in [5.41, 5.74) is 0. The average Bonchev–Trinajstić information content (AvgIpc) is 2.74. The number of rotatable bonds is 2. The van der Waals surface area contributed by atoms with E-state index in [1.54, 1.807) is 0 Å². The summed E-state index contributed by atoms with van der Waals surface area (Å²) in [6, 6.07) is 0.657. The number of nitrogens with zero attached hydrogens (tertiary/aromatic N) is 1. The Labute approximate surface area is 117 Å². The summed E-state index contributed by atoms with van der Waals surface area (Å²) in [5.74, 6) is 1.91. The van der Waals surface area contributed by atoms with Crippen LogP contribution in [0.1, 0.15) is 38.5 Å². The van der Waals surface area contributed by atoms with Crippen LogP contribution < -0.4 is 0 Å². The summed E-state index contributed by atoms with van der Waals surface area (Å²) in [6.45, 7) is 2.76. The summed E-state index contributed by atoms with van der Waals surface area (Å²) < 4.78 is 17.4. The molecule has 0 aromatic rings. The van der Waals surface area contributed by atoms with Crippen molar-refractivity contribution in [2.24, 2.45) is 5.92 Å². The highest BCUT2D eigenvalue weighted by molar-refractivity contribution is 7.41. The van der Waals surface area contributed by atoms with Gasteiger partial charge < -0.3 is 18.5 Å². The monoisotopic (exact) mass is 285 g/mol. The van der Waals surface area contributed by atoms with Crippen molar-refractivity contribution < 1.29 is 13.6 Å². The van der Waals surface area contributed by atoms with Crippen LogP contribution in [0.5, 0.6) is 0 Å². The lowest BCUT2D eigenvalue weighted by Crippen LogP contribution is -2.31. The molecule has 3 rings (SSSR count). The molecule has 0 radical (unpaired) electrons. The third-order valence-electron chi connectivity index (χ3n) is 4.40. The molecule has 2 heterocycles. The van der Waals surface area contributed by atoms with Crippen LogP contribution in [0.15, 0.2) is 11.8 Å². The van der Waals surface area contributed by atoms with Crippen LogP contribution in [0.4, 0.5) is 0 Å². The molecule has 0 aromatic heterocycles. The molecule has 108 valence electrons. The minimum absolute atomic E-state index is 0.657. The van der Waals surface area contributed by atoms with Crippen LogP contribution in [0.25, 0.3) is 0 Å². The second kappa shape index (κ2) is 6.53. The quantitative estimate of drug-likeness (QED) is 0.727. The van der Waals surface area contributed by atoms with Gasteiger partial charge in [0.2, 0.25) is 0 Å². The first-order valence-corrected chi connectivity index (χ1v) is 8.55. The first-order chi connectivity index (χ1) is 9.33. The Kier molecular flexibility index (Phi) is 4.75. The molecule has 0 N–H and O–H groups in total. The van der Waals surface area contributed by atoms with Gasteiger partial charge in [-0.2, -0.15) is 0 Å². The Morgan fingerprint density at radius 1 is 1.26 bits per heavy atom. The second-order valence-corrected chi connectivity index (χ2v) is 6.90. The Bertz CT molecular complexity index is 329. The molecule has 2 atom stereocenters. The van der Waals surface area contributed by atoms with Crippen molar-refractivity contribution in [3.05, 3.63) is 11.8 Å². The SMILES string of the molecule is CN1CCC2CC=C(OP3OCCCCCO3)CC21. The zero-order chi connectivity index (χ0) is 13.1. The number of hydrogen-bond acceptors (Lipinski definition) is 4. The van der Waals surface area contributed by atoms with Gasteiger partial charge in [0.15, 0.2) is 0 Å². The molecule has 3 aliphatic rings. The third-order valence-corrected chi connectivity index (χ3v) is 5.57. The zero-order valence-corrected chi connectivity index (χ0v) is 12.6. The lowest BCUT2D eigenvalue weighted by molar-refractivity contribution is 0.151. The first kappa shape index (κ1) is 13.8. The van der Waals surface area contributed by atoms with E-state index in [1.165, 1.54) is 19.4 Å². The minimum atomic E-state index is -1.16. The maximum absolute atomic E-state index is 5.98. The lowest BCUT2D eigenvalue weighted by atomic mass is 9.89. The minimum Gasteiger partial charge on any atom is -0.432 e. The Hall–Kier alpha value is -0.150. The van der Waals surface area contributed by atoms with Gasteiger partial charge in [-0.25, -0.2) is 0 Å². The van der Waals surface area contributed by atoms with E-state index in [9.17, 15) is 0 Å². The second-order valence-electron chi connectivity index (χ2n) is 5.75. The smallest absolute Gasteiger partial charge is 0.396 e. The molecule has 1 aliphatic carbocycles. The van der Waals surface area contributed by atoms with Crippen molar-refractivity contribution in [2.45, 2.75) is 44.6 Å². The predicted molar refractivity (Wildman–Crippen MR) is 75.6 cm³/mol. The van der Waals surface area contributed by atoms with Gasteiger partial charge in [0.1, 0.15) is 5.76 Å². The number of likely N-dealkylation sites (tertiary alicyclic amines) is 1. The van der Waals surface area contributed by atoms with Gasteiger partial charge in [0.25, 0.3) is 0 Å². The van der Waals surface area contributed by atoms with Crippen molar-refractivity contribution >= 4 is 8.60 Å². The maximum Gasteiger partial charge on any atom is 0.396 e. The van der Waals surface area contributed by atoms with Crippen LogP contribution in [-0.2, 0) is 13.6 Å². The number of allylic oxidation sites excluding steroid dienone is 1. The molecular weight excluding hydrogens is 261 g/mol. The molecule has 5 heteroatoms. The van der Waals surface area contributed by atoms with Crippen molar-refractivity contribution in [3.8, 4) is 0 Å². The number of hydrogen-bond donors (Lipinski definition) is 0. The van der Waals surface area contributed by atoms with E-state index in [2.05, 4.69) is 18.0 Å². The third kappa shape index (κ3) is 3.49. The molecule has 2 saturated heterocycles. The van der Waals surface area contributed by atoms with E-state index in [-0.39, 0.29) is 0 Å². The lowest BCUT2D eigenvalue weighted by Gasteiger charge is -2.30. The van der Waals surface area contributed by atoms with Gasteiger partial charge in [0.05, 0.1) is 13.2 Å². The highest BCUT2D eigenvalue weighted by Gasteiger charge is 2.35. The normalized spacial score (nSPS) is 34.3. The molecule has 4 nitrogen and oxygen atoms in total. The molecule has 2 aliphatic heterocycles. The molecule has 2 fully saturated rings. The van der Waals surface area contributed by atoms with Crippen LogP contribution in [0.3, 0.4) is 0 Å². The van der Waals surface area contributed by atoms with Gasteiger partial charge in [-0.05, 0) is 57.7 Å². The van der Waals surface area contributed by atoms with E-state index < -0.39 is 8.60 Å². The highest BCUT2D eigenvalue weighted by atomic mass is 31.2. The van der Waals surface area contributed by atoms with E-state index >= 15 is 0 Å². The molecule has 0 amide bonds. The van der Waals surface area contributed by atoms with Gasteiger partial charge in [-0.1, -0.05) is 0 Å². The Balaban J connectivity index is 1.54. The molecule has 0 spiro atoms. The highest BCUT2D eigenvalue weighted by Crippen LogP contribution is 2.46. The average molecular weight is 285 g/mol. The van der Waals surface area contributed by atoms with Crippen LogP contribution in [0.2, 0.25) is 0 Å². The fourth-order valence-electron chi connectivity index (χ4n) is 3.18. The summed E-state index contributed by atoms with van der Waals surface area (Å²) in [5, 5.41) is 0. The van der Waals surface area contributed by atoms with Crippen LogP contribution >= 0.6 is 8.60 Å². The molecule has 19 heavy (non-hydrogen) atoms. The van der Waals surface area contributed by atoms with Crippen molar-refractivity contribution in [2.75, 3.05) is 26.8 Å². The van der Waals surface area contributed by atoms with Gasteiger partial charge in [0, 0.05) is 12.5 Å². The standard InChI is InChI=1S/C14H24NO3P/c1-15-8-7-12-5-6-13(11-14(12)15)18-19-16-9-3-2-4-10-17-19/h6,12,14H,2-5,7-11H2,1H3. The summed E-state index contributed by atoms with van der Waals surface area (Å²) in [7, 11) is 1.07. The van der Waals surface area contributed by atoms with Crippen LogP contribution in [0, 0.1) is 5.92 Å². The summed E-state index contributed by atoms with van der Waals surface area (Å²) in [4.78, 5) is 2.47. The largest absolute Gasteiger partial charge is 0.432 e. The molecule has 0 saturated carbocycles. The Morgan fingerprint density at radius 3 is 2.84 bits per heavy atom. The van der Waals surface area contributed by atoms with Crippen molar-refractivity contribution in [3.63, 3.8) is 0 Å². The molecule has 0 aromatic carbocycles. The predicted octanol–water partition coefficient (Wildman–Crippen LogP) is 3.45. The number of fused-ring (bicyclic) bond motifs is 1. The first-order valence-electron chi connectivity index (χ1n) is 7.46. The summed E-state index contributed by atoms with van der Waals surface area (Å²) in [6.07, 6.45) is 9.19. The fraction of sp³-hybridized carbons (Fsp3) is 0.857. The van der Waals surface area contributed by atoms with E-state index in [1.807, 2.05) is 0 Å². The van der Waals surface area contributed by atoms with Crippen LogP contribution in [-0.4, -0.2) is 37.7 Å². The molecule has 0 bridgehead atoms. The van der Waals surface area contributed by atoms with Crippen molar-refractivity contribution in [1.29, 1.82) is 0 Å². The van der Waals surface area contributed by atoms with E-state index in [4.69, 9.17) is 13.6 Å². The van der Waals surface area contributed by atoms with Gasteiger partial charge in [-0.15, -0.1) is 0 Å². The summed E-state index contributed by atoms with van der Waals surface area (Å²) >= 11 is 0. The van der Waals surface area contributed by atoms with E-state index in [0.29, 0.717) is 6.04 Å². The topological polar surface area (TPSA) is 30.9 Å². The molecular formula is C14H24NO3P. The van der Waals surface area contributed by atoms with Gasteiger partial charge in [-0.3, -0.25) is 0 Å².